The first-order valence-electron chi connectivity index (χ1n) is 15.5. The fourth-order valence-corrected chi connectivity index (χ4v) is 6.74. The molecule has 10 heteroatoms. The van der Waals surface area contributed by atoms with Gasteiger partial charge in [0.2, 0.25) is 5.75 Å². The quantitative estimate of drug-likeness (QED) is 0.227. The van der Waals surface area contributed by atoms with E-state index in [2.05, 4.69) is 16.8 Å². The first-order chi connectivity index (χ1) is 22.8. The van der Waals surface area contributed by atoms with E-state index in [0.717, 1.165) is 23.5 Å². The third-order valence-corrected chi connectivity index (χ3v) is 8.86. The Morgan fingerprint density at radius 1 is 0.894 bits per heavy atom. The molecule has 10 nitrogen and oxygen atoms in total. The van der Waals surface area contributed by atoms with Gasteiger partial charge in [-0.3, -0.25) is 14.4 Å². The number of nitrogens with zero attached hydrogens (tertiary/aromatic N) is 3. The largest absolute Gasteiger partial charge is 0.493 e. The van der Waals surface area contributed by atoms with Crippen LogP contribution in [0.1, 0.15) is 38.7 Å². The van der Waals surface area contributed by atoms with Gasteiger partial charge in [0.25, 0.3) is 17.4 Å². The second-order valence-electron chi connectivity index (χ2n) is 11.7. The standard InChI is InChI=1S/C37H38N4O6/c1-5-16-40(28-10-7-6-8-11-28)37(44)25-14-15-31(39-21-24-17-27(23-39)30-12-9-13-34(42)41(30)22-24)29(18-25)38-36(43)26-19-32(45-2)35(47-4)33(20-26)46-3/h5-15,18-20,24,27H,1,16-17,21-23H2,2-4H3,(H,38,43)/t24-,27+/m1/s1. The summed E-state index contributed by atoms with van der Waals surface area (Å²) in [5, 5.41) is 3.09. The molecule has 2 atom stereocenters. The molecule has 1 N–H and O–H groups in total. The van der Waals surface area contributed by atoms with Crippen molar-refractivity contribution in [3.8, 4) is 17.2 Å². The number of para-hydroxylation sites is 1. The molecule has 2 bridgehead atoms. The minimum atomic E-state index is -0.407. The maximum atomic E-state index is 14.0. The number of hydrogen-bond acceptors (Lipinski definition) is 7. The first-order valence-corrected chi connectivity index (χ1v) is 15.5. The molecule has 0 spiro atoms. The Balaban J connectivity index is 1.39. The van der Waals surface area contributed by atoms with E-state index in [1.165, 1.54) is 21.3 Å². The maximum absolute atomic E-state index is 14.0. The summed E-state index contributed by atoms with van der Waals surface area (Å²) < 4.78 is 18.3. The molecule has 6 rings (SSSR count). The summed E-state index contributed by atoms with van der Waals surface area (Å²) >= 11 is 0. The number of ether oxygens (including phenoxy) is 3. The minimum absolute atomic E-state index is 0.0225. The van der Waals surface area contributed by atoms with Crippen LogP contribution in [0.25, 0.3) is 0 Å². The number of hydrogen-bond donors (Lipinski definition) is 1. The monoisotopic (exact) mass is 634 g/mol. The van der Waals surface area contributed by atoms with Crippen molar-refractivity contribution in [2.24, 2.45) is 5.92 Å². The highest BCUT2D eigenvalue weighted by Crippen LogP contribution is 2.41. The number of carbonyl (C=O) groups is 2. The molecule has 2 aliphatic rings. The van der Waals surface area contributed by atoms with E-state index >= 15 is 0 Å². The second-order valence-corrected chi connectivity index (χ2v) is 11.7. The van der Waals surface area contributed by atoms with Gasteiger partial charge in [-0.25, -0.2) is 0 Å². The number of amides is 2. The third kappa shape index (κ3) is 6.18. The second kappa shape index (κ2) is 13.5. The molecule has 47 heavy (non-hydrogen) atoms. The molecule has 3 aromatic carbocycles. The average molecular weight is 635 g/mol. The van der Waals surface area contributed by atoms with E-state index in [9.17, 15) is 14.4 Å². The molecule has 2 amide bonds. The summed E-state index contributed by atoms with van der Waals surface area (Å²) in [6.45, 7) is 6.16. The lowest BCUT2D eigenvalue weighted by Crippen LogP contribution is -2.47. The van der Waals surface area contributed by atoms with E-state index in [1.807, 2.05) is 53.1 Å². The van der Waals surface area contributed by atoms with E-state index in [0.29, 0.717) is 60.2 Å². The number of rotatable bonds is 10. The molecule has 242 valence electrons. The number of anilines is 3. The lowest BCUT2D eigenvalue weighted by molar-refractivity contribution is 0.0987. The summed E-state index contributed by atoms with van der Waals surface area (Å²) in [5.41, 5.74) is 3.77. The van der Waals surface area contributed by atoms with Crippen molar-refractivity contribution in [3.63, 3.8) is 0 Å². The topological polar surface area (TPSA) is 102 Å². The minimum Gasteiger partial charge on any atom is -0.493 e. The lowest BCUT2D eigenvalue weighted by Gasteiger charge is -2.44. The Morgan fingerprint density at radius 3 is 2.32 bits per heavy atom. The van der Waals surface area contributed by atoms with E-state index in [4.69, 9.17) is 14.2 Å². The van der Waals surface area contributed by atoms with Crippen LogP contribution in [0, 0.1) is 5.92 Å². The molecule has 3 heterocycles. The van der Waals surface area contributed by atoms with Crippen LogP contribution in [0.15, 0.2) is 96.3 Å². The van der Waals surface area contributed by atoms with Gasteiger partial charge in [0, 0.05) is 60.7 Å². The number of methoxy groups -OCH3 is 3. The van der Waals surface area contributed by atoms with Gasteiger partial charge >= 0.3 is 0 Å². The van der Waals surface area contributed by atoms with Crippen LogP contribution < -0.4 is 34.9 Å². The van der Waals surface area contributed by atoms with Gasteiger partial charge in [-0.1, -0.05) is 30.3 Å². The summed E-state index contributed by atoms with van der Waals surface area (Å²) in [6, 6.07) is 23.5. The average Bonchev–Trinajstić information content (AvgIpc) is 3.10. The molecule has 0 unspecified atom stereocenters. The zero-order chi connectivity index (χ0) is 33.1. The van der Waals surface area contributed by atoms with Crippen molar-refractivity contribution in [1.29, 1.82) is 0 Å². The number of pyridine rings is 1. The van der Waals surface area contributed by atoms with Crippen LogP contribution in [0.4, 0.5) is 17.1 Å². The number of benzene rings is 3. The van der Waals surface area contributed by atoms with Crippen molar-refractivity contribution in [1.82, 2.24) is 4.57 Å². The predicted molar refractivity (Wildman–Crippen MR) is 183 cm³/mol. The van der Waals surface area contributed by atoms with Crippen molar-refractivity contribution in [2.75, 3.05) is 56.1 Å². The Morgan fingerprint density at radius 2 is 1.64 bits per heavy atom. The fourth-order valence-electron chi connectivity index (χ4n) is 6.74. The van der Waals surface area contributed by atoms with Gasteiger partial charge in [0.1, 0.15) is 0 Å². The van der Waals surface area contributed by atoms with Crippen molar-refractivity contribution in [2.45, 2.75) is 18.9 Å². The molecular formula is C37H38N4O6. The van der Waals surface area contributed by atoms with Crippen LogP contribution in [-0.4, -0.2) is 57.3 Å². The van der Waals surface area contributed by atoms with Crippen molar-refractivity contribution < 1.29 is 23.8 Å². The molecule has 0 saturated carbocycles. The number of piperidine rings is 1. The molecule has 0 aliphatic carbocycles. The maximum Gasteiger partial charge on any atom is 0.258 e. The van der Waals surface area contributed by atoms with Crippen LogP contribution in [0.5, 0.6) is 17.2 Å². The van der Waals surface area contributed by atoms with Crippen molar-refractivity contribution >= 4 is 28.9 Å². The Hall–Kier alpha value is -5.51. The highest BCUT2D eigenvalue weighted by Gasteiger charge is 2.35. The predicted octanol–water partition coefficient (Wildman–Crippen LogP) is 5.58. The normalized spacial score (nSPS) is 16.4. The summed E-state index contributed by atoms with van der Waals surface area (Å²) in [7, 11) is 4.49. The zero-order valence-corrected chi connectivity index (χ0v) is 26.8. The van der Waals surface area contributed by atoms with Gasteiger partial charge in [0.05, 0.1) is 32.7 Å². The molecule has 2 aliphatic heterocycles. The summed E-state index contributed by atoms with van der Waals surface area (Å²) in [6.07, 6.45) is 2.67. The van der Waals surface area contributed by atoms with E-state index in [-0.39, 0.29) is 23.3 Å². The van der Waals surface area contributed by atoms with Gasteiger partial charge in [-0.2, -0.15) is 0 Å². The fraction of sp³-hybridized carbons (Fsp3) is 0.270. The summed E-state index contributed by atoms with van der Waals surface area (Å²) in [4.78, 5) is 44.4. The highest BCUT2D eigenvalue weighted by atomic mass is 16.5. The van der Waals surface area contributed by atoms with Gasteiger partial charge in [0.15, 0.2) is 11.5 Å². The van der Waals surface area contributed by atoms with Crippen molar-refractivity contribution in [3.05, 3.63) is 119 Å². The smallest absolute Gasteiger partial charge is 0.258 e. The molecule has 0 radical (unpaired) electrons. The SMILES string of the molecule is C=CCN(C(=O)c1ccc(N2C[C@H]3C[C@@H](C2)c2cccc(=O)n2C3)c(NC(=O)c2cc(OC)c(OC)c(OC)c2)c1)c1ccccc1. The number of fused-ring (bicyclic) bond motifs is 4. The number of aromatic nitrogens is 1. The van der Waals surface area contributed by atoms with Crippen LogP contribution in [0.3, 0.4) is 0 Å². The van der Waals surface area contributed by atoms with E-state index in [1.54, 1.807) is 41.3 Å². The Bertz CT molecular complexity index is 1850. The lowest BCUT2D eigenvalue weighted by atomic mass is 9.83. The van der Waals surface area contributed by atoms with Crippen LogP contribution in [0.2, 0.25) is 0 Å². The third-order valence-electron chi connectivity index (χ3n) is 8.86. The molecule has 4 aromatic rings. The highest BCUT2D eigenvalue weighted by molar-refractivity contribution is 6.10. The molecule has 1 saturated heterocycles. The number of nitrogens with one attached hydrogen (secondary N) is 1. The Kier molecular flexibility index (Phi) is 9.01. The summed E-state index contributed by atoms with van der Waals surface area (Å²) in [5.74, 6) is 0.843. The van der Waals surface area contributed by atoms with E-state index < -0.39 is 5.91 Å². The van der Waals surface area contributed by atoms with Crippen LogP contribution in [-0.2, 0) is 6.54 Å². The zero-order valence-electron chi connectivity index (χ0n) is 26.8. The van der Waals surface area contributed by atoms with Crippen LogP contribution >= 0.6 is 0 Å². The molecule has 1 aromatic heterocycles. The first kappa shape index (κ1) is 31.5. The van der Waals surface area contributed by atoms with Gasteiger partial charge < -0.3 is 33.9 Å². The Labute approximate surface area is 273 Å². The molecular weight excluding hydrogens is 596 g/mol. The molecule has 1 fully saturated rings. The van der Waals surface area contributed by atoms with Gasteiger partial charge in [-0.15, -0.1) is 6.58 Å². The van der Waals surface area contributed by atoms with Gasteiger partial charge in [-0.05, 0) is 60.9 Å². The number of carbonyl (C=O) groups excluding carboxylic acids is 2.